The predicted octanol–water partition coefficient (Wildman–Crippen LogP) is 3.53. The summed E-state index contributed by atoms with van der Waals surface area (Å²) in [6, 6.07) is 14.6. The smallest absolute Gasteiger partial charge is 0.336 e. The van der Waals surface area contributed by atoms with Crippen LogP contribution in [0.3, 0.4) is 0 Å². The van der Waals surface area contributed by atoms with E-state index in [-0.39, 0.29) is 16.1 Å². The van der Waals surface area contributed by atoms with E-state index in [1.807, 2.05) is 4.90 Å². The van der Waals surface area contributed by atoms with Gasteiger partial charge in [-0.2, -0.15) is 5.26 Å². The molecular weight excluding hydrogens is 522 g/mol. The molecule has 0 amide bonds. The molecule has 1 aliphatic rings. The van der Waals surface area contributed by atoms with Crippen molar-refractivity contribution in [2.75, 3.05) is 42.3 Å². The highest BCUT2D eigenvalue weighted by Crippen LogP contribution is 2.28. The first-order valence-corrected chi connectivity index (χ1v) is 12.9. The largest absolute Gasteiger partial charge is 0.478 e. The number of nitriles is 1. The molecule has 1 aliphatic heterocycles. The van der Waals surface area contributed by atoms with E-state index in [2.05, 4.69) is 36.6 Å². The quantitative estimate of drug-likeness (QED) is 0.463. The van der Waals surface area contributed by atoms with Crippen LogP contribution in [0, 0.1) is 11.3 Å². The number of aromatic carboxylic acids is 1. The summed E-state index contributed by atoms with van der Waals surface area (Å²) in [6.45, 7) is 3.60. The van der Waals surface area contributed by atoms with Crippen LogP contribution in [0.2, 0.25) is 0 Å². The molecular formula is C23H22BrN5O4S. The van der Waals surface area contributed by atoms with E-state index < -0.39 is 16.0 Å². The molecule has 34 heavy (non-hydrogen) atoms. The number of nitrogens with zero attached hydrogens (tertiary/aromatic N) is 4. The molecule has 9 nitrogen and oxygen atoms in total. The third kappa shape index (κ3) is 5.30. The number of rotatable bonds is 7. The zero-order valence-electron chi connectivity index (χ0n) is 18.1. The molecule has 3 aromatic rings. The standard InChI is InChI=1S/C23H22BrN5O4S/c24-16-2-5-18(6-3-16)34(32,33)27-17-4-7-21-19(14-17)20(23(30)31)15-22(26-21)29-12-10-28(11-13-29)9-1-8-25/h2-7,14-15,27H,1,9-13H2,(H,30,31). The van der Waals surface area contributed by atoms with Gasteiger partial charge < -0.3 is 10.0 Å². The molecule has 1 aromatic heterocycles. The van der Waals surface area contributed by atoms with Crippen molar-refractivity contribution < 1.29 is 18.3 Å². The summed E-state index contributed by atoms with van der Waals surface area (Å²) in [7, 11) is -3.84. The minimum Gasteiger partial charge on any atom is -0.478 e. The van der Waals surface area contributed by atoms with Gasteiger partial charge in [0.1, 0.15) is 5.82 Å². The van der Waals surface area contributed by atoms with Gasteiger partial charge in [-0.05, 0) is 48.5 Å². The van der Waals surface area contributed by atoms with E-state index in [0.717, 1.165) is 24.1 Å². The fourth-order valence-electron chi connectivity index (χ4n) is 3.85. The van der Waals surface area contributed by atoms with Gasteiger partial charge in [0.25, 0.3) is 10.0 Å². The highest BCUT2D eigenvalue weighted by molar-refractivity contribution is 9.10. The van der Waals surface area contributed by atoms with Crippen molar-refractivity contribution in [1.29, 1.82) is 5.26 Å². The number of hydrogen-bond acceptors (Lipinski definition) is 7. The van der Waals surface area contributed by atoms with Crippen molar-refractivity contribution in [1.82, 2.24) is 9.88 Å². The second-order valence-corrected chi connectivity index (χ2v) is 10.5. The summed E-state index contributed by atoms with van der Waals surface area (Å²) >= 11 is 3.28. The zero-order chi connectivity index (χ0) is 24.3. The maximum Gasteiger partial charge on any atom is 0.336 e. The Bertz CT molecular complexity index is 1360. The first kappa shape index (κ1) is 23.9. The Hall–Kier alpha value is -3.20. The molecule has 1 fully saturated rings. The number of aromatic nitrogens is 1. The summed E-state index contributed by atoms with van der Waals surface area (Å²) in [5.41, 5.74) is 0.767. The Morgan fingerprint density at radius 3 is 2.47 bits per heavy atom. The van der Waals surface area contributed by atoms with Crippen molar-refractivity contribution in [2.45, 2.75) is 11.3 Å². The number of piperazine rings is 1. The average Bonchev–Trinajstić information content (AvgIpc) is 2.82. The molecule has 1 saturated heterocycles. The van der Waals surface area contributed by atoms with Gasteiger partial charge in [0.15, 0.2) is 0 Å². The van der Waals surface area contributed by atoms with Crippen molar-refractivity contribution in [3.05, 3.63) is 58.6 Å². The van der Waals surface area contributed by atoms with Crippen LogP contribution < -0.4 is 9.62 Å². The number of carboxylic acids is 1. The molecule has 0 bridgehead atoms. The van der Waals surface area contributed by atoms with E-state index >= 15 is 0 Å². The number of pyridine rings is 1. The summed E-state index contributed by atoms with van der Waals surface area (Å²) < 4.78 is 28.7. The lowest BCUT2D eigenvalue weighted by molar-refractivity contribution is 0.0699. The maximum atomic E-state index is 12.7. The molecule has 176 valence electrons. The topological polar surface area (TPSA) is 127 Å². The lowest BCUT2D eigenvalue weighted by atomic mass is 10.1. The van der Waals surface area contributed by atoms with E-state index in [9.17, 15) is 18.3 Å². The number of halogens is 1. The van der Waals surface area contributed by atoms with Crippen molar-refractivity contribution >= 4 is 54.3 Å². The SMILES string of the molecule is N#CCCN1CCN(c2cc(C(=O)O)c3cc(NS(=O)(=O)c4ccc(Br)cc4)ccc3n2)CC1. The van der Waals surface area contributed by atoms with Crippen molar-refractivity contribution in [3.63, 3.8) is 0 Å². The molecule has 0 aliphatic carbocycles. The van der Waals surface area contributed by atoms with Crippen molar-refractivity contribution in [2.24, 2.45) is 0 Å². The highest BCUT2D eigenvalue weighted by Gasteiger charge is 2.21. The number of fused-ring (bicyclic) bond motifs is 1. The van der Waals surface area contributed by atoms with Crippen LogP contribution in [-0.4, -0.2) is 62.1 Å². The van der Waals surface area contributed by atoms with Gasteiger partial charge >= 0.3 is 5.97 Å². The molecule has 0 atom stereocenters. The third-order valence-electron chi connectivity index (χ3n) is 5.64. The Morgan fingerprint density at radius 2 is 1.82 bits per heavy atom. The minimum absolute atomic E-state index is 0.0524. The highest BCUT2D eigenvalue weighted by atomic mass is 79.9. The number of benzene rings is 2. The van der Waals surface area contributed by atoms with Crippen LogP contribution in [0.15, 0.2) is 57.9 Å². The van der Waals surface area contributed by atoms with Crippen LogP contribution in [0.5, 0.6) is 0 Å². The summed E-state index contributed by atoms with van der Waals surface area (Å²) in [4.78, 5) is 21.0. The van der Waals surface area contributed by atoms with Crippen molar-refractivity contribution in [3.8, 4) is 6.07 Å². The van der Waals surface area contributed by atoms with Gasteiger partial charge in [-0.1, -0.05) is 15.9 Å². The molecule has 2 N–H and O–H groups in total. The van der Waals surface area contributed by atoms with E-state index in [0.29, 0.717) is 36.2 Å². The fourth-order valence-corrected chi connectivity index (χ4v) is 5.16. The average molecular weight is 544 g/mol. The first-order chi connectivity index (χ1) is 16.3. The second-order valence-electron chi connectivity index (χ2n) is 7.86. The first-order valence-electron chi connectivity index (χ1n) is 10.6. The van der Waals surface area contributed by atoms with Gasteiger partial charge in [-0.25, -0.2) is 18.2 Å². The molecule has 0 saturated carbocycles. The molecule has 4 rings (SSSR count). The molecule has 0 spiro atoms. The Kier molecular flexibility index (Phi) is 7.02. The molecule has 0 unspecified atom stereocenters. The fraction of sp³-hybridized carbons (Fsp3) is 0.261. The number of carboxylic acid groups (broad SMARTS) is 1. The molecule has 0 radical (unpaired) electrons. The lowest BCUT2D eigenvalue weighted by Crippen LogP contribution is -2.46. The zero-order valence-corrected chi connectivity index (χ0v) is 20.5. The Labute approximate surface area is 205 Å². The van der Waals surface area contributed by atoms with E-state index in [1.165, 1.54) is 24.3 Å². The summed E-state index contributed by atoms with van der Waals surface area (Å²) in [5, 5.41) is 19.0. The molecule has 2 aromatic carbocycles. The second kappa shape index (κ2) is 9.97. The number of nitrogens with one attached hydrogen (secondary N) is 1. The van der Waals surface area contributed by atoms with Crippen LogP contribution in [-0.2, 0) is 10.0 Å². The third-order valence-corrected chi connectivity index (χ3v) is 7.56. The molecule has 11 heteroatoms. The number of hydrogen-bond donors (Lipinski definition) is 2. The predicted molar refractivity (Wildman–Crippen MR) is 133 cm³/mol. The van der Waals surface area contributed by atoms with Crippen LogP contribution >= 0.6 is 15.9 Å². The van der Waals surface area contributed by atoms with Gasteiger partial charge in [0.2, 0.25) is 0 Å². The van der Waals surface area contributed by atoms with Gasteiger partial charge in [0, 0.05) is 54.7 Å². The Morgan fingerprint density at radius 1 is 1.12 bits per heavy atom. The van der Waals surface area contributed by atoms with Crippen LogP contribution in [0.25, 0.3) is 10.9 Å². The summed E-state index contributed by atoms with van der Waals surface area (Å²) in [5.74, 6) is -0.553. The Balaban J connectivity index is 1.61. The van der Waals surface area contributed by atoms with Crippen LogP contribution in [0.4, 0.5) is 11.5 Å². The maximum absolute atomic E-state index is 12.7. The number of carbonyl (C=O) groups is 1. The van der Waals surface area contributed by atoms with Crippen LogP contribution in [0.1, 0.15) is 16.8 Å². The van der Waals surface area contributed by atoms with E-state index in [4.69, 9.17) is 5.26 Å². The normalized spacial score (nSPS) is 14.6. The lowest BCUT2D eigenvalue weighted by Gasteiger charge is -2.35. The number of anilines is 2. The monoisotopic (exact) mass is 543 g/mol. The van der Waals surface area contributed by atoms with Gasteiger partial charge in [0.05, 0.1) is 22.0 Å². The molecule has 2 heterocycles. The van der Waals surface area contributed by atoms with Gasteiger partial charge in [-0.3, -0.25) is 9.62 Å². The van der Waals surface area contributed by atoms with Gasteiger partial charge in [-0.15, -0.1) is 0 Å². The minimum atomic E-state index is -3.84. The van der Waals surface area contributed by atoms with E-state index in [1.54, 1.807) is 24.3 Å². The summed E-state index contributed by atoms with van der Waals surface area (Å²) in [6.07, 6.45) is 0.477. The number of sulfonamides is 1.